The summed E-state index contributed by atoms with van der Waals surface area (Å²) in [5.41, 5.74) is 16.0. The molecular weight excluding hydrogens is 464 g/mol. The fourth-order valence-electron chi connectivity index (χ4n) is 5.66. The zero-order valence-electron chi connectivity index (χ0n) is 21.8. The molecule has 5 rings (SSSR count). The Balaban J connectivity index is 1.21. The number of hydrogen-bond acceptors (Lipinski definition) is 8. The van der Waals surface area contributed by atoms with Gasteiger partial charge in [-0.15, -0.1) is 0 Å². The predicted molar refractivity (Wildman–Crippen MR) is 148 cm³/mol. The molecule has 6 N–H and O–H groups in total. The molecule has 3 heterocycles. The second-order valence-electron chi connectivity index (χ2n) is 10.4. The standard InChI is InChI=1S/C28H36N8O/c1-17-10-18(2)12-22(11-17)32-28-31-15-21-16-35(8-7-25(21)33-28)23-6-9-36(19(3)13-23)27(37)20-4-5-26(34-30)24(29)14-20/h4-5,10-12,14-15,19,23,34H,6-9,13,16,29-30H2,1-3H3,(H,31,32,33)/t19-,23?/m0/s1. The van der Waals surface area contributed by atoms with Gasteiger partial charge in [0.2, 0.25) is 5.95 Å². The lowest BCUT2D eigenvalue weighted by Crippen LogP contribution is -2.52. The molecule has 1 fully saturated rings. The van der Waals surface area contributed by atoms with Crippen molar-refractivity contribution in [2.45, 2.75) is 58.7 Å². The molecule has 0 aliphatic carbocycles. The summed E-state index contributed by atoms with van der Waals surface area (Å²) in [7, 11) is 0. The van der Waals surface area contributed by atoms with Crippen LogP contribution in [0, 0.1) is 13.8 Å². The molecule has 3 aromatic rings. The minimum atomic E-state index is 0.0162. The third kappa shape index (κ3) is 5.38. The van der Waals surface area contributed by atoms with Crippen LogP contribution >= 0.6 is 0 Å². The number of benzene rings is 2. The van der Waals surface area contributed by atoms with Crippen LogP contribution in [0.3, 0.4) is 0 Å². The summed E-state index contributed by atoms with van der Waals surface area (Å²) >= 11 is 0. The van der Waals surface area contributed by atoms with Crippen LogP contribution in [0.2, 0.25) is 0 Å². The van der Waals surface area contributed by atoms with E-state index in [4.69, 9.17) is 16.6 Å². The van der Waals surface area contributed by atoms with Crippen molar-refractivity contribution in [3.63, 3.8) is 0 Å². The van der Waals surface area contributed by atoms with E-state index >= 15 is 0 Å². The van der Waals surface area contributed by atoms with Crippen LogP contribution in [-0.2, 0) is 13.0 Å². The lowest BCUT2D eigenvalue weighted by Gasteiger charge is -2.43. The van der Waals surface area contributed by atoms with Gasteiger partial charge < -0.3 is 21.4 Å². The van der Waals surface area contributed by atoms with E-state index in [9.17, 15) is 4.79 Å². The van der Waals surface area contributed by atoms with E-state index in [0.29, 0.717) is 28.9 Å². The third-order valence-corrected chi connectivity index (χ3v) is 7.52. The Labute approximate surface area is 218 Å². The van der Waals surface area contributed by atoms with E-state index < -0.39 is 0 Å². The van der Waals surface area contributed by atoms with Gasteiger partial charge >= 0.3 is 0 Å². The molecule has 2 aliphatic rings. The molecule has 1 saturated heterocycles. The van der Waals surface area contributed by atoms with Gasteiger partial charge in [-0.1, -0.05) is 6.07 Å². The molecule has 0 saturated carbocycles. The smallest absolute Gasteiger partial charge is 0.254 e. The van der Waals surface area contributed by atoms with Gasteiger partial charge in [0.25, 0.3) is 5.91 Å². The molecular formula is C28H36N8O. The number of piperidine rings is 1. The Morgan fingerprint density at radius 3 is 2.59 bits per heavy atom. The zero-order chi connectivity index (χ0) is 26.1. The molecule has 194 valence electrons. The first-order chi connectivity index (χ1) is 17.8. The van der Waals surface area contributed by atoms with Crippen molar-refractivity contribution in [2.24, 2.45) is 5.84 Å². The first-order valence-electron chi connectivity index (χ1n) is 12.9. The number of hydrogen-bond donors (Lipinski definition) is 4. The van der Waals surface area contributed by atoms with Crippen LogP contribution < -0.4 is 22.3 Å². The van der Waals surface area contributed by atoms with Crippen molar-refractivity contribution in [1.29, 1.82) is 0 Å². The van der Waals surface area contributed by atoms with Gasteiger partial charge in [0, 0.05) is 61.1 Å². The van der Waals surface area contributed by atoms with E-state index in [1.807, 2.05) is 11.1 Å². The summed E-state index contributed by atoms with van der Waals surface area (Å²) in [6.45, 7) is 8.84. The van der Waals surface area contributed by atoms with Gasteiger partial charge in [0.05, 0.1) is 17.1 Å². The van der Waals surface area contributed by atoms with Crippen molar-refractivity contribution in [1.82, 2.24) is 19.8 Å². The van der Waals surface area contributed by atoms with Crippen molar-refractivity contribution < 1.29 is 4.79 Å². The van der Waals surface area contributed by atoms with E-state index in [2.05, 4.69) is 59.6 Å². The summed E-state index contributed by atoms with van der Waals surface area (Å²) in [4.78, 5) is 27.1. The SMILES string of the molecule is Cc1cc(C)cc(Nc2ncc3c(n2)CCN(C2CCN(C(=O)c4ccc(NN)c(N)c4)[C@@H](C)C2)C3)c1. The second kappa shape index (κ2) is 10.4. The third-order valence-electron chi connectivity index (χ3n) is 7.52. The largest absolute Gasteiger partial charge is 0.397 e. The molecule has 37 heavy (non-hydrogen) atoms. The van der Waals surface area contributed by atoms with Gasteiger partial charge in [-0.2, -0.15) is 0 Å². The molecule has 0 bridgehead atoms. The Morgan fingerprint density at radius 2 is 1.89 bits per heavy atom. The number of fused-ring (bicyclic) bond motifs is 1. The van der Waals surface area contributed by atoms with E-state index in [-0.39, 0.29) is 11.9 Å². The Morgan fingerprint density at radius 1 is 1.11 bits per heavy atom. The Kier molecular flexibility index (Phi) is 6.99. The molecule has 9 nitrogen and oxygen atoms in total. The highest BCUT2D eigenvalue weighted by atomic mass is 16.2. The van der Waals surface area contributed by atoms with Crippen LogP contribution in [0.5, 0.6) is 0 Å². The number of nitrogens with two attached hydrogens (primary N) is 2. The van der Waals surface area contributed by atoms with Crippen LogP contribution in [-0.4, -0.2) is 50.8 Å². The monoisotopic (exact) mass is 500 g/mol. The average molecular weight is 501 g/mol. The summed E-state index contributed by atoms with van der Waals surface area (Å²) in [5.74, 6) is 6.13. The minimum Gasteiger partial charge on any atom is -0.397 e. The topological polar surface area (TPSA) is 125 Å². The number of carbonyl (C=O) groups is 1. The van der Waals surface area contributed by atoms with Crippen molar-refractivity contribution >= 4 is 28.9 Å². The molecule has 1 amide bonds. The zero-order valence-corrected chi connectivity index (χ0v) is 21.8. The first kappa shape index (κ1) is 25.0. The number of nitrogens with zero attached hydrogens (tertiary/aromatic N) is 4. The number of likely N-dealkylation sites (tertiary alicyclic amines) is 1. The average Bonchev–Trinajstić information content (AvgIpc) is 2.87. The van der Waals surface area contributed by atoms with E-state index in [1.165, 1.54) is 16.7 Å². The highest BCUT2D eigenvalue weighted by molar-refractivity contribution is 5.96. The number of carbonyl (C=O) groups excluding carboxylic acids is 1. The molecule has 2 aliphatic heterocycles. The second-order valence-corrected chi connectivity index (χ2v) is 10.4. The van der Waals surface area contributed by atoms with E-state index in [0.717, 1.165) is 50.3 Å². The Bertz CT molecular complexity index is 1290. The number of hydrazine groups is 1. The van der Waals surface area contributed by atoms with Crippen LogP contribution in [0.25, 0.3) is 0 Å². The van der Waals surface area contributed by atoms with Gasteiger partial charge in [-0.3, -0.25) is 15.5 Å². The number of anilines is 4. The maximum Gasteiger partial charge on any atom is 0.254 e. The number of rotatable bonds is 5. The molecule has 9 heteroatoms. The molecule has 0 radical (unpaired) electrons. The minimum absolute atomic E-state index is 0.0162. The summed E-state index contributed by atoms with van der Waals surface area (Å²) in [5, 5.41) is 3.36. The normalized spacial score (nSPS) is 19.8. The number of nitrogen functional groups attached to an aromatic ring is 2. The quantitative estimate of drug-likeness (QED) is 0.237. The predicted octanol–water partition coefficient (Wildman–Crippen LogP) is 3.76. The molecule has 1 aromatic heterocycles. The van der Waals surface area contributed by atoms with Gasteiger partial charge in [-0.05, 0) is 75.1 Å². The number of aryl methyl sites for hydroxylation is 2. The maximum absolute atomic E-state index is 13.2. The van der Waals surface area contributed by atoms with Crippen LogP contribution in [0.1, 0.15) is 52.5 Å². The maximum atomic E-state index is 13.2. The summed E-state index contributed by atoms with van der Waals surface area (Å²) in [6, 6.07) is 12.2. The van der Waals surface area contributed by atoms with E-state index in [1.54, 1.807) is 18.2 Å². The van der Waals surface area contributed by atoms with Gasteiger partial charge in [0.1, 0.15) is 0 Å². The highest BCUT2D eigenvalue weighted by Crippen LogP contribution is 2.29. The highest BCUT2D eigenvalue weighted by Gasteiger charge is 2.34. The van der Waals surface area contributed by atoms with Crippen molar-refractivity contribution in [2.75, 3.05) is 29.6 Å². The lowest BCUT2D eigenvalue weighted by atomic mass is 9.93. The van der Waals surface area contributed by atoms with Gasteiger partial charge in [-0.25, -0.2) is 9.97 Å². The first-order valence-corrected chi connectivity index (χ1v) is 12.9. The molecule has 1 unspecified atom stereocenters. The Hall–Kier alpha value is -3.69. The van der Waals surface area contributed by atoms with Crippen molar-refractivity contribution in [3.05, 3.63) is 70.5 Å². The van der Waals surface area contributed by atoms with Crippen LogP contribution in [0.15, 0.2) is 42.6 Å². The fourth-order valence-corrected chi connectivity index (χ4v) is 5.66. The number of nitrogens with one attached hydrogen (secondary N) is 2. The summed E-state index contributed by atoms with van der Waals surface area (Å²) in [6.07, 6.45) is 4.74. The van der Waals surface area contributed by atoms with Gasteiger partial charge in [0.15, 0.2) is 0 Å². The number of amides is 1. The van der Waals surface area contributed by atoms with Crippen LogP contribution in [0.4, 0.5) is 23.0 Å². The number of aromatic nitrogens is 2. The summed E-state index contributed by atoms with van der Waals surface area (Å²) < 4.78 is 0. The molecule has 2 aromatic carbocycles. The lowest BCUT2D eigenvalue weighted by molar-refractivity contribution is 0.0441. The van der Waals surface area contributed by atoms with Crippen molar-refractivity contribution in [3.8, 4) is 0 Å². The fraction of sp³-hybridized carbons (Fsp3) is 0.393. The molecule has 0 spiro atoms. The molecule has 2 atom stereocenters.